The van der Waals surface area contributed by atoms with Gasteiger partial charge in [0.15, 0.2) is 11.6 Å². The van der Waals surface area contributed by atoms with Gasteiger partial charge in [0.25, 0.3) is 5.91 Å². The van der Waals surface area contributed by atoms with Gasteiger partial charge in [0.1, 0.15) is 0 Å². The van der Waals surface area contributed by atoms with Crippen LogP contribution in [0, 0.1) is 18.6 Å². The first-order chi connectivity index (χ1) is 10.5. The molecule has 1 aromatic carbocycles. The van der Waals surface area contributed by atoms with Crippen molar-refractivity contribution in [2.75, 3.05) is 6.54 Å². The van der Waals surface area contributed by atoms with Crippen LogP contribution >= 0.6 is 0 Å². The molecule has 1 aliphatic heterocycles. The minimum absolute atomic E-state index is 0.146. The smallest absolute Gasteiger partial charge is 0.257 e. The molecule has 2 heterocycles. The summed E-state index contributed by atoms with van der Waals surface area (Å²) in [5.41, 5.74) is 1.49. The van der Waals surface area contributed by atoms with E-state index in [1.54, 1.807) is 6.92 Å². The molecule has 2 aromatic rings. The van der Waals surface area contributed by atoms with E-state index in [0.29, 0.717) is 16.8 Å². The number of rotatable bonds is 2. The quantitative estimate of drug-likeness (QED) is 0.891. The van der Waals surface area contributed by atoms with Gasteiger partial charge in [-0.3, -0.25) is 9.89 Å². The summed E-state index contributed by atoms with van der Waals surface area (Å²) in [7, 11) is 0. The van der Waals surface area contributed by atoms with Gasteiger partial charge in [-0.05, 0) is 31.0 Å². The van der Waals surface area contributed by atoms with Crippen molar-refractivity contribution in [3.8, 4) is 0 Å². The van der Waals surface area contributed by atoms with Crippen molar-refractivity contribution in [2.45, 2.75) is 25.5 Å². The molecule has 116 valence electrons. The van der Waals surface area contributed by atoms with E-state index in [1.807, 2.05) is 0 Å². The van der Waals surface area contributed by atoms with Crippen LogP contribution in [0.2, 0.25) is 0 Å². The largest absolute Gasteiger partial charge is 0.391 e. The van der Waals surface area contributed by atoms with E-state index in [2.05, 4.69) is 10.2 Å². The fraction of sp³-hybridized carbons (Fsp3) is 0.333. The second-order valence-electron chi connectivity index (χ2n) is 5.45. The second kappa shape index (κ2) is 5.49. The van der Waals surface area contributed by atoms with Gasteiger partial charge in [0.2, 0.25) is 0 Å². The molecule has 3 rings (SSSR count). The summed E-state index contributed by atoms with van der Waals surface area (Å²) in [4.78, 5) is 14.1. The molecule has 0 bridgehead atoms. The third kappa shape index (κ3) is 2.48. The third-order valence-electron chi connectivity index (χ3n) is 3.93. The zero-order valence-electron chi connectivity index (χ0n) is 11.9. The van der Waals surface area contributed by atoms with Gasteiger partial charge in [-0.15, -0.1) is 0 Å². The van der Waals surface area contributed by atoms with Crippen LogP contribution in [0.3, 0.4) is 0 Å². The summed E-state index contributed by atoms with van der Waals surface area (Å²) in [5, 5.41) is 16.4. The lowest BCUT2D eigenvalue weighted by atomic mass is 10.0. The average molecular weight is 307 g/mol. The first-order valence-corrected chi connectivity index (χ1v) is 6.91. The van der Waals surface area contributed by atoms with Gasteiger partial charge in [-0.1, -0.05) is 6.07 Å². The summed E-state index contributed by atoms with van der Waals surface area (Å²) in [6, 6.07) is 3.04. The summed E-state index contributed by atoms with van der Waals surface area (Å²) in [5.74, 6) is -2.20. The molecule has 0 radical (unpaired) electrons. The Bertz CT molecular complexity index is 717. The Balaban J connectivity index is 1.94. The predicted molar refractivity (Wildman–Crippen MR) is 74.1 cm³/mol. The molecular weight excluding hydrogens is 292 g/mol. The van der Waals surface area contributed by atoms with E-state index in [0.717, 1.165) is 12.1 Å². The van der Waals surface area contributed by atoms with Gasteiger partial charge in [-0.25, -0.2) is 8.78 Å². The SMILES string of the molecule is Cc1[nH]ncc1C(=O)N1C[C@@H](O)C[C@H]1c1ccc(F)c(F)c1. The van der Waals surface area contributed by atoms with E-state index >= 15 is 0 Å². The molecule has 22 heavy (non-hydrogen) atoms. The molecule has 1 aromatic heterocycles. The molecule has 0 spiro atoms. The summed E-state index contributed by atoms with van der Waals surface area (Å²) < 4.78 is 26.5. The normalized spacial score (nSPS) is 21.4. The highest BCUT2D eigenvalue weighted by Gasteiger charge is 2.36. The molecule has 5 nitrogen and oxygen atoms in total. The number of aromatic amines is 1. The predicted octanol–water partition coefficient (Wildman–Crippen LogP) is 1.94. The minimum Gasteiger partial charge on any atom is -0.391 e. The van der Waals surface area contributed by atoms with Crippen molar-refractivity contribution in [3.05, 3.63) is 52.9 Å². The van der Waals surface area contributed by atoms with E-state index in [1.165, 1.54) is 17.2 Å². The Hall–Kier alpha value is -2.28. The van der Waals surface area contributed by atoms with Gasteiger partial charge < -0.3 is 10.0 Å². The van der Waals surface area contributed by atoms with E-state index in [-0.39, 0.29) is 18.9 Å². The van der Waals surface area contributed by atoms with Crippen LogP contribution < -0.4 is 0 Å². The van der Waals surface area contributed by atoms with Crippen LogP contribution in [-0.4, -0.2) is 38.8 Å². The maximum Gasteiger partial charge on any atom is 0.257 e. The molecule has 2 atom stereocenters. The number of H-pyrrole nitrogens is 1. The van der Waals surface area contributed by atoms with Crippen molar-refractivity contribution in [1.29, 1.82) is 0 Å². The van der Waals surface area contributed by atoms with Gasteiger partial charge in [-0.2, -0.15) is 5.10 Å². The standard InChI is InChI=1S/C15H15F2N3O2/c1-8-11(6-18-19-8)15(22)20-7-10(21)5-14(20)9-2-3-12(16)13(17)4-9/h2-4,6,10,14,21H,5,7H2,1H3,(H,18,19)/t10-,14-/m0/s1. The number of β-amino-alcohol motifs (C(OH)–C–C–N with tert-alkyl or cyclic N) is 1. The van der Waals surface area contributed by atoms with E-state index in [4.69, 9.17) is 0 Å². The number of hydrogen-bond donors (Lipinski definition) is 2. The number of aryl methyl sites for hydroxylation is 1. The van der Waals surface area contributed by atoms with Crippen LogP contribution in [0.15, 0.2) is 24.4 Å². The number of nitrogens with one attached hydrogen (secondary N) is 1. The molecule has 1 saturated heterocycles. The number of carbonyl (C=O) groups is 1. The zero-order chi connectivity index (χ0) is 15.9. The number of halogens is 2. The number of hydrogen-bond acceptors (Lipinski definition) is 3. The molecule has 2 N–H and O–H groups in total. The Morgan fingerprint density at radius 1 is 1.41 bits per heavy atom. The highest BCUT2D eigenvalue weighted by atomic mass is 19.2. The lowest BCUT2D eigenvalue weighted by Gasteiger charge is -2.24. The minimum atomic E-state index is -0.967. The summed E-state index contributed by atoms with van der Waals surface area (Å²) >= 11 is 0. The lowest BCUT2D eigenvalue weighted by molar-refractivity contribution is 0.0715. The highest BCUT2D eigenvalue weighted by molar-refractivity contribution is 5.95. The fourth-order valence-electron chi connectivity index (χ4n) is 2.79. The van der Waals surface area contributed by atoms with Gasteiger partial charge >= 0.3 is 0 Å². The Kier molecular flexibility index (Phi) is 3.66. The van der Waals surface area contributed by atoms with E-state index < -0.39 is 23.8 Å². The third-order valence-corrected chi connectivity index (χ3v) is 3.93. The number of aromatic nitrogens is 2. The fourth-order valence-corrected chi connectivity index (χ4v) is 2.79. The van der Waals surface area contributed by atoms with Gasteiger partial charge in [0, 0.05) is 12.2 Å². The van der Waals surface area contributed by atoms with Crippen LogP contribution in [0.25, 0.3) is 0 Å². The van der Waals surface area contributed by atoms with Crippen LogP contribution in [-0.2, 0) is 0 Å². The van der Waals surface area contributed by atoms with Crippen molar-refractivity contribution in [1.82, 2.24) is 15.1 Å². The molecule has 0 aliphatic carbocycles. The number of amides is 1. The Morgan fingerprint density at radius 3 is 2.82 bits per heavy atom. The molecule has 7 heteroatoms. The molecule has 0 saturated carbocycles. The molecule has 0 unspecified atom stereocenters. The summed E-state index contributed by atoms with van der Waals surface area (Å²) in [6.45, 7) is 1.87. The van der Waals surface area contributed by atoms with Crippen LogP contribution in [0.5, 0.6) is 0 Å². The second-order valence-corrected chi connectivity index (χ2v) is 5.45. The topological polar surface area (TPSA) is 69.2 Å². The van der Waals surface area contributed by atoms with Gasteiger partial charge in [0.05, 0.1) is 23.9 Å². The number of carbonyl (C=O) groups excluding carboxylic acids is 1. The van der Waals surface area contributed by atoms with E-state index in [9.17, 15) is 18.7 Å². The van der Waals surface area contributed by atoms with Crippen LogP contribution in [0.1, 0.15) is 34.1 Å². The van der Waals surface area contributed by atoms with Crippen molar-refractivity contribution in [2.24, 2.45) is 0 Å². The summed E-state index contributed by atoms with van der Waals surface area (Å²) in [6.07, 6.45) is 1.01. The number of aliphatic hydroxyl groups excluding tert-OH is 1. The van der Waals surface area contributed by atoms with Crippen molar-refractivity contribution < 1.29 is 18.7 Å². The number of nitrogens with zero attached hydrogens (tertiary/aromatic N) is 2. The first-order valence-electron chi connectivity index (χ1n) is 6.91. The maximum absolute atomic E-state index is 13.4. The highest BCUT2D eigenvalue weighted by Crippen LogP contribution is 2.34. The number of benzene rings is 1. The lowest BCUT2D eigenvalue weighted by Crippen LogP contribution is -2.32. The Morgan fingerprint density at radius 2 is 2.18 bits per heavy atom. The monoisotopic (exact) mass is 307 g/mol. The first kappa shape index (κ1) is 14.6. The molecule has 1 aliphatic rings. The average Bonchev–Trinajstić information content (AvgIpc) is 3.07. The van der Waals surface area contributed by atoms with Crippen LogP contribution in [0.4, 0.5) is 8.78 Å². The van der Waals surface area contributed by atoms with Crippen molar-refractivity contribution in [3.63, 3.8) is 0 Å². The maximum atomic E-state index is 13.4. The molecule has 1 fully saturated rings. The number of aliphatic hydroxyl groups is 1. The number of likely N-dealkylation sites (tertiary alicyclic amines) is 1. The molecular formula is C15H15F2N3O2. The van der Waals surface area contributed by atoms with Crippen molar-refractivity contribution >= 4 is 5.91 Å². The molecule has 1 amide bonds. The Labute approximate surface area is 125 Å². The zero-order valence-corrected chi connectivity index (χ0v) is 11.9.